The van der Waals surface area contributed by atoms with Crippen molar-refractivity contribution in [1.29, 1.82) is 0 Å². The van der Waals surface area contributed by atoms with Crippen LogP contribution in [0.1, 0.15) is 17.5 Å². The van der Waals surface area contributed by atoms with Crippen LogP contribution in [0.3, 0.4) is 0 Å². The highest BCUT2D eigenvalue weighted by atomic mass is 35.5. The number of alkyl halides is 1. The molecule has 19 heavy (non-hydrogen) atoms. The molecule has 100 valence electrons. The molecule has 0 amide bonds. The van der Waals surface area contributed by atoms with Crippen molar-refractivity contribution < 1.29 is 4.39 Å². The number of benzene rings is 2. The molecular weight excluding hydrogens is 261 g/mol. The summed E-state index contributed by atoms with van der Waals surface area (Å²) in [6.45, 7) is 0.622. The van der Waals surface area contributed by atoms with Gasteiger partial charge >= 0.3 is 0 Å². The third-order valence-corrected chi connectivity index (χ3v) is 3.18. The van der Waals surface area contributed by atoms with E-state index in [2.05, 4.69) is 17.4 Å². The SMILES string of the molecule is Fc1cccc(CNc2cccc(CCCCl)c2)c1. The molecule has 0 atom stereocenters. The Balaban J connectivity index is 1.95. The van der Waals surface area contributed by atoms with Crippen LogP contribution in [-0.4, -0.2) is 5.88 Å². The first-order valence-corrected chi connectivity index (χ1v) is 6.94. The molecule has 0 heterocycles. The monoisotopic (exact) mass is 277 g/mol. The maximum atomic E-state index is 13.1. The highest BCUT2D eigenvalue weighted by Crippen LogP contribution is 2.14. The van der Waals surface area contributed by atoms with Gasteiger partial charge in [0.15, 0.2) is 0 Å². The van der Waals surface area contributed by atoms with Crippen LogP contribution >= 0.6 is 11.6 Å². The van der Waals surface area contributed by atoms with Crippen LogP contribution in [0.4, 0.5) is 10.1 Å². The van der Waals surface area contributed by atoms with E-state index in [0.717, 1.165) is 24.1 Å². The summed E-state index contributed by atoms with van der Waals surface area (Å²) < 4.78 is 13.1. The quantitative estimate of drug-likeness (QED) is 0.761. The minimum Gasteiger partial charge on any atom is -0.381 e. The van der Waals surface area contributed by atoms with Crippen LogP contribution in [0.15, 0.2) is 48.5 Å². The second-order valence-corrected chi connectivity index (χ2v) is 4.85. The van der Waals surface area contributed by atoms with Gasteiger partial charge in [-0.1, -0.05) is 24.3 Å². The summed E-state index contributed by atoms with van der Waals surface area (Å²) in [4.78, 5) is 0. The molecule has 0 radical (unpaired) electrons. The summed E-state index contributed by atoms with van der Waals surface area (Å²) in [6, 6.07) is 14.9. The zero-order chi connectivity index (χ0) is 13.5. The van der Waals surface area contributed by atoms with E-state index in [1.807, 2.05) is 18.2 Å². The molecule has 3 heteroatoms. The Morgan fingerprint density at radius 1 is 1.00 bits per heavy atom. The fourth-order valence-corrected chi connectivity index (χ4v) is 2.09. The Morgan fingerprint density at radius 3 is 2.58 bits per heavy atom. The molecule has 0 aliphatic heterocycles. The summed E-state index contributed by atoms with van der Waals surface area (Å²) in [5.41, 5.74) is 3.26. The summed E-state index contributed by atoms with van der Waals surface area (Å²) in [6.07, 6.45) is 1.97. The van der Waals surface area contributed by atoms with E-state index in [1.54, 1.807) is 12.1 Å². The van der Waals surface area contributed by atoms with Gasteiger partial charge in [-0.2, -0.15) is 0 Å². The Kier molecular flexibility index (Phi) is 5.22. The van der Waals surface area contributed by atoms with Crippen molar-refractivity contribution in [3.8, 4) is 0 Å². The molecule has 0 aliphatic carbocycles. The first-order valence-electron chi connectivity index (χ1n) is 6.41. The predicted octanol–water partition coefficient (Wildman–Crippen LogP) is 4.61. The number of hydrogen-bond donors (Lipinski definition) is 1. The van der Waals surface area contributed by atoms with Gasteiger partial charge in [0.05, 0.1) is 0 Å². The van der Waals surface area contributed by atoms with Gasteiger partial charge in [0.2, 0.25) is 0 Å². The second kappa shape index (κ2) is 7.15. The van der Waals surface area contributed by atoms with Crippen molar-refractivity contribution in [2.75, 3.05) is 11.2 Å². The standard InChI is InChI=1S/C16H17ClFN/c17-9-3-6-13-4-2-8-16(11-13)19-12-14-5-1-7-15(18)10-14/h1-2,4-5,7-8,10-11,19H,3,6,9,12H2. The zero-order valence-electron chi connectivity index (χ0n) is 10.7. The number of nitrogens with one attached hydrogen (secondary N) is 1. The minimum absolute atomic E-state index is 0.199. The normalized spacial score (nSPS) is 10.4. The summed E-state index contributed by atoms with van der Waals surface area (Å²) in [5, 5.41) is 3.31. The average molecular weight is 278 g/mol. The molecule has 0 spiro atoms. The average Bonchev–Trinajstić information content (AvgIpc) is 2.43. The van der Waals surface area contributed by atoms with Crippen LogP contribution in [-0.2, 0) is 13.0 Å². The van der Waals surface area contributed by atoms with Crippen molar-refractivity contribution in [3.63, 3.8) is 0 Å². The van der Waals surface area contributed by atoms with E-state index in [9.17, 15) is 4.39 Å². The van der Waals surface area contributed by atoms with Crippen molar-refractivity contribution in [2.24, 2.45) is 0 Å². The Morgan fingerprint density at radius 2 is 1.79 bits per heavy atom. The van der Waals surface area contributed by atoms with Gasteiger partial charge < -0.3 is 5.32 Å². The molecule has 0 saturated carbocycles. The summed E-state index contributed by atoms with van der Waals surface area (Å²) in [7, 11) is 0. The van der Waals surface area contributed by atoms with Crippen LogP contribution in [0.5, 0.6) is 0 Å². The Hall–Kier alpha value is -1.54. The van der Waals surface area contributed by atoms with Gasteiger partial charge in [0, 0.05) is 18.1 Å². The zero-order valence-corrected chi connectivity index (χ0v) is 11.5. The molecule has 2 rings (SSSR count). The van der Waals surface area contributed by atoms with E-state index in [1.165, 1.54) is 11.6 Å². The lowest BCUT2D eigenvalue weighted by Crippen LogP contribution is -2.00. The lowest BCUT2D eigenvalue weighted by Gasteiger charge is -2.08. The van der Waals surface area contributed by atoms with E-state index in [-0.39, 0.29) is 5.82 Å². The van der Waals surface area contributed by atoms with E-state index < -0.39 is 0 Å². The lowest BCUT2D eigenvalue weighted by molar-refractivity contribution is 0.626. The van der Waals surface area contributed by atoms with Crippen molar-refractivity contribution in [2.45, 2.75) is 19.4 Å². The van der Waals surface area contributed by atoms with Crippen molar-refractivity contribution >= 4 is 17.3 Å². The lowest BCUT2D eigenvalue weighted by atomic mass is 10.1. The Labute approximate surface area is 118 Å². The topological polar surface area (TPSA) is 12.0 Å². The van der Waals surface area contributed by atoms with Crippen LogP contribution in [0.2, 0.25) is 0 Å². The molecule has 0 fully saturated rings. The molecule has 0 bridgehead atoms. The van der Waals surface area contributed by atoms with Gasteiger partial charge in [-0.3, -0.25) is 0 Å². The van der Waals surface area contributed by atoms with Crippen LogP contribution in [0.25, 0.3) is 0 Å². The van der Waals surface area contributed by atoms with Crippen molar-refractivity contribution in [3.05, 3.63) is 65.5 Å². The molecular formula is C16H17ClFN. The Bertz CT molecular complexity index is 528. The minimum atomic E-state index is -0.199. The third-order valence-electron chi connectivity index (χ3n) is 2.91. The fourth-order valence-electron chi connectivity index (χ4n) is 1.96. The summed E-state index contributed by atoms with van der Waals surface area (Å²) >= 11 is 5.70. The molecule has 0 aromatic heterocycles. The predicted molar refractivity (Wildman–Crippen MR) is 79.2 cm³/mol. The second-order valence-electron chi connectivity index (χ2n) is 4.48. The molecule has 1 N–H and O–H groups in total. The summed E-state index contributed by atoms with van der Waals surface area (Å²) in [5.74, 6) is 0.483. The molecule has 0 unspecified atom stereocenters. The van der Waals surface area contributed by atoms with Gasteiger partial charge in [-0.15, -0.1) is 11.6 Å². The van der Waals surface area contributed by atoms with Gasteiger partial charge in [0.1, 0.15) is 5.82 Å². The van der Waals surface area contributed by atoms with Gasteiger partial charge in [-0.25, -0.2) is 4.39 Å². The number of anilines is 1. The molecule has 2 aromatic rings. The third kappa shape index (κ3) is 4.56. The van der Waals surface area contributed by atoms with E-state index >= 15 is 0 Å². The number of aryl methyl sites for hydroxylation is 1. The van der Waals surface area contributed by atoms with E-state index in [4.69, 9.17) is 11.6 Å². The first kappa shape index (κ1) is 13.9. The number of hydrogen-bond acceptors (Lipinski definition) is 1. The highest BCUT2D eigenvalue weighted by Gasteiger charge is 1.98. The number of rotatable bonds is 6. The highest BCUT2D eigenvalue weighted by molar-refractivity contribution is 6.17. The maximum absolute atomic E-state index is 13.1. The largest absolute Gasteiger partial charge is 0.381 e. The maximum Gasteiger partial charge on any atom is 0.123 e. The number of halogens is 2. The van der Waals surface area contributed by atoms with Gasteiger partial charge in [0.25, 0.3) is 0 Å². The van der Waals surface area contributed by atoms with E-state index in [0.29, 0.717) is 12.4 Å². The smallest absolute Gasteiger partial charge is 0.123 e. The fraction of sp³-hybridized carbons (Fsp3) is 0.250. The first-order chi connectivity index (χ1) is 9.28. The molecule has 0 aliphatic rings. The van der Waals surface area contributed by atoms with Gasteiger partial charge in [-0.05, 0) is 48.2 Å². The van der Waals surface area contributed by atoms with Crippen molar-refractivity contribution in [1.82, 2.24) is 0 Å². The molecule has 1 nitrogen and oxygen atoms in total. The molecule has 0 saturated heterocycles. The van der Waals surface area contributed by atoms with Crippen LogP contribution < -0.4 is 5.32 Å². The van der Waals surface area contributed by atoms with Crippen LogP contribution in [0, 0.1) is 5.82 Å². The molecule has 2 aromatic carbocycles.